The van der Waals surface area contributed by atoms with Crippen molar-refractivity contribution in [2.24, 2.45) is 0 Å². The molecule has 174 valence electrons. The van der Waals surface area contributed by atoms with Crippen LogP contribution >= 0.6 is 0 Å². The van der Waals surface area contributed by atoms with Crippen LogP contribution in [0.2, 0.25) is 0 Å². The van der Waals surface area contributed by atoms with Gasteiger partial charge < -0.3 is 9.47 Å². The first-order valence-electron chi connectivity index (χ1n) is 11.4. The predicted molar refractivity (Wildman–Crippen MR) is 126 cm³/mol. The van der Waals surface area contributed by atoms with Crippen LogP contribution in [0, 0.1) is 5.82 Å². The Hall–Kier alpha value is -2.79. The Morgan fingerprint density at radius 1 is 1.03 bits per heavy atom. The van der Waals surface area contributed by atoms with Gasteiger partial charge in [-0.25, -0.2) is 13.2 Å². The summed E-state index contributed by atoms with van der Waals surface area (Å²) < 4.78 is 54.5. The Morgan fingerprint density at radius 2 is 1.79 bits per heavy atom. The zero-order valence-electron chi connectivity index (χ0n) is 18.8. The molecular formula is C28H29F3O2. The summed E-state index contributed by atoms with van der Waals surface area (Å²) in [6.45, 7) is 4.35. The maximum Gasteiger partial charge on any atom is 0.192 e. The van der Waals surface area contributed by atoms with Crippen LogP contribution in [0.5, 0.6) is 0 Å². The van der Waals surface area contributed by atoms with Crippen LogP contribution in [0.3, 0.4) is 0 Å². The van der Waals surface area contributed by atoms with E-state index in [1.807, 2.05) is 12.1 Å². The zero-order valence-corrected chi connectivity index (χ0v) is 18.8. The summed E-state index contributed by atoms with van der Waals surface area (Å²) in [6.07, 6.45) is 5.37. The van der Waals surface area contributed by atoms with Crippen LogP contribution in [-0.4, -0.2) is 32.2 Å². The first-order chi connectivity index (χ1) is 16.0. The topological polar surface area (TPSA) is 18.5 Å². The highest BCUT2D eigenvalue weighted by molar-refractivity contribution is 5.75. The van der Waals surface area contributed by atoms with E-state index in [0.29, 0.717) is 23.3 Å². The van der Waals surface area contributed by atoms with Crippen molar-refractivity contribution in [3.05, 3.63) is 90.0 Å². The first-order valence-corrected chi connectivity index (χ1v) is 11.4. The van der Waals surface area contributed by atoms with E-state index in [0.717, 1.165) is 31.2 Å². The number of halogens is 3. The molecule has 1 fully saturated rings. The average molecular weight is 455 g/mol. The lowest BCUT2D eigenvalue weighted by Gasteiger charge is -2.29. The quantitative estimate of drug-likeness (QED) is 0.408. The molecular weight excluding hydrogens is 425 g/mol. The molecule has 1 aliphatic heterocycles. The van der Waals surface area contributed by atoms with Gasteiger partial charge in [-0.05, 0) is 60.1 Å². The molecule has 0 N–H and O–H groups in total. The van der Waals surface area contributed by atoms with Crippen LogP contribution in [0.1, 0.15) is 42.7 Å². The third-order valence-corrected chi connectivity index (χ3v) is 6.55. The number of benzene rings is 2. The highest BCUT2D eigenvalue weighted by Gasteiger charge is 2.32. The molecule has 0 bridgehead atoms. The normalized spacial score (nSPS) is 25.2. The van der Waals surface area contributed by atoms with Gasteiger partial charge in [0.25, 0.3) is 0 Å². The largest absolute Gasteiger partial charge is 0.498 e. The number of hydrogen-bond acceptors (Lipinski definition) is 2. The van der Waals surface area contributed by atoms with Crippen molar-refractivity contribution in [2.45, 2.75) is 50.0 Å². The van der Waals surface area contributed by atoms with Crippen LogP contribution in [-0.2, 0) is 9.47 Å². The van der Waals surface area contributed by atoms with Crippen molar-refractivity contribution < 1.29 is 22.6 Å². The molecule has 33 heavy (non-hydrogen) atoms. The predicted octanol–water partition coefficient (Wildman–Crippen LogP) is 7.33. The van der Waals surface area contributed by atoms with Crippen LogP contribution in [0.4, 0.5) is 13.2 Å². The number of methoxy groups -OCH3 is 1. The zero-order chi connectivity index (χ0) is 23.4. The van der Waals surface area contributed by atoms with Crippen LogP contribution in [0.15, 0.2) is 73.0 Å². The number of rotatable bonds is 7. The molecule has 2 aromatic rings. The summed E-state index contributed by atoms with van der Waals surface area (Å²) in [6, 6.07) is 12.2. The number of allylic oxidation sites excluding steroid dienone is 5. The number of alkyl halides is 2. The molecule has 0 saturated carbocycles. The molecule has 4 atom stereocenters. The number of ether oxygens (including phenoxy) is 2. The molecule has 2 nitrogen and oxygen atoms in total. The highest BCUT2D eigenvalue weighted by atomic mass is 19.2. The maximum atomic E-state index is 15.0. The van der Waals surface area contributed by atoms with Crippen molar-refractivity contribution in [1.82, 2.24) is 0 Å². The summed E-state index contributed by atoms with van der Waals surface area (Å²) in [5, 5.41) is 0. The minimum Gasteiger partial charge on any atom is -0.498 e. The van der Waals surface area contributed by atoms with Crippen LogP contribution < -0.4 is 0 Å². The maximum absolute atomic E-state index is 15.0. The average Bonchev–Trinajstić information content (AvgIpc) is 2.85. The summed E-state index contributed by atoms with van der Waals surface area (Å²) in [7, 11) is 1.32. The molecule has 0 spiro atoms. The molecule has 4 rings (SSSR count). The molecule has 0 aromatic heterocycles. The van der Waals surface area contributed by atoms with E-state index in [-0.39, 0.29) is 29.2 Å². The molecule has 1 aliphatic carbocycles. The Balaban J connectivity index is 1.46. The van der Waals surface area contributed by atoms with Crippen molar-refractivity contribution in [1.29, 1.82) is 0 Å². The minimum atomic E-state index is -1.83. The van der Waals surface area contributed by atoms with Gasteiger partial charge in [0, 0.05) is 11.5 Å². The van der Waals surface area contributed by atoms with E-state index < -0.39 is 12.3 Å². The van der Waals surface area contributed by atoms with Gasteiger partial charge in [0.1, 0.15) is 11.6 Å². The van der Waals surface area contributed by atoms with Crippen molar-refractivity contribution in [3.63, 3.8) is 0 Å². The van der Waals surface area contributed by atoms with E-state index in [1.54, 1.807) is 36.4 Å². The molecule has 1 heterocycles. The van der Waals surface area contributed by atoms with Crippen molar-refractivity contribution in [2.75, 3.05) is 13.7 Å². The summed E-state index contributed by atoms with van der Waals surface area (Å²) in [5.74, 6) is -0.138. The monoisotopic (exact) mass is 454 g/mol. The fourth-order valence-corrected chi connectivity index (χ4v) is 4.56. The molecule has 2 aromatic carbocycles. The Bertz CT molecular complexity index is 1030. The Kier molecular flexibility index (Phi) is 7.39. The third-order valence-electron chi connectivity index (χ3n) is 6.55. The lowest BCUT2D eigenvalue weighted by Crippen LogP contribution is -2.24. The summed E-state index contributed by atoms with van der Waals surface area (Å²) >= 11 is 0. The van der Waals surface area contributed by atoms with E-state index in [4.69, 9.17) is 9.47 Å². The fraction of sp³-hybridized carbons (Fsp3) is 0.357. The van der Waals surface area contributed by atoms with Gasteiger partial charge in [0.15, 0.2) is 12.3 Å². The standard InChI is InChI=1S/C28H29F3O2/c1-3-4-5-22-12-10-21(17-33-22)20-11-13-23(25(29)16-20)18-6-8-19(9-7-18)24-14-15-26(32-2)28(31)27(24)30/h3,6-9,11,13-16,21-22,27-28H,1,4-5,10,12,17H2,2H3. The molecule has 0 radical (unpaired) electrons. The second-order valence-corrected chi connectivity index (χ2v) is 8.61. The van der Waals surface area contributed by atoms with E-state index >= 15 is 0 Å². The SMILES string of the molecule is C=CCCC1CCC(c2ccc(-c3ccc(C4=CC=C(OC)C(F)C4F)cc3)c(F)c2)CO1. The first kappa shape index (κ1) is 23.4. The smallest absolute Gasteiger partial charge is 0.192 e. The lowest BCUT2D eigenvalue weighted by molar-refractivity contribution is -0.000212. The van der Waals surface area contributed by atoms with Gasteiger partial charge in [-0.1, -0.05) is 48.6 Å². The Labute approximate surface area is 193 Å². The van der Waals surface area contributed by atoms with Gasteiger partial charge in [0.2, 0.25) is 0 Å². The van der Waals surface area contributed by atoms with Gasteiger partial charge in [0.05, 0.1) is 19.8 Å². The van der Waals surface area contributed by atoms with Gasteiger partial charge in [-0.3, -0.25) is 0 Å². The summed E-state index contributed by atoms with van der Waals surface area (Å²) in [5.41, 5.74) is 2.91. The molecule has 4 unspecified atom stereocenters. The third kappa shape index (κ3) is 5.09. The van der Waals surface area contributed by atoms with Crippen molar-refractivity contribution in [3.8, 4) is 11.1 Å². The fourth-order valence-electron chi connectivity index (χ4n) is 4.56. The molecule has 5 heteroatoms. The van der Waals surface area contributed by atoms with E-state index in [1.165, 1.54) is 19.3 Å². The molecule has 2 aliphatic rings. The van der Waals surface area contributed by atoms with Gasteiger partial charge in [-0.15, -0.1) is 6.58 Å². The second kappa shape index (κ2) is 10.4. The van der Waals surface area contributed by atoms with Crippen molar-refractivity contribution >= 4 is 5.57 Å². The van der Waals surface area contributed by atoms with Gasteiger partial charge in [-0.2, -0.15) is 0 Å². The lowest BCUT2D eigenvalue weighted by atomic mass is 9.88. The van der Waals surface area contributed by atoms with Crippen LogP contribution in [0.25, 0.3) is 16.7 Å². The second-order valence-electron chi connectivity index (χ2n) is 8.61. The summed E-state index contributed by atoms with van der Waals surface area (Å²) in [4.78, 5) is 0. The molecule has 1 saturated heterocycles. The van der Waals surface area contributed by atoms with E-state index in [2.05, 4.69) is 6.58 Å². The Morgan fingerprint density at radius 3 is 2.42 bits per heavy atom. The molecule has 0 amide bonds. The number of hydrogen-bond donors (Lipinski definition) is 0. The van der Waals surface area contributed by atoms with E-state index in [9.17, 15) is 13.2 Å². The minimum absolute atomic E-state index is 0.0271. The van der Waals surface area contributed by atoms with Gasteiger partial charge >= 0.3 is 0 Å². The highest BCUT2D eigenvalue weighted by Crippen LogP contribution is 2.35.